The summed E-state index contributed by atoms with van der Waals surface area (Å²) < 4.78 is 0. The van der Waals surface area contributed by atoms with Crippen molar-refractivity contribution >= 4 is 40.3 Å². The van der Waals surface area contributed by atoms with E-state index in [1.807, 2.05) is 56.3 Å². The van der Waals surface area contributed by atoms with E-state index in [0.717, 1.165) is 34.4 Å². The molecule has 29 heavy (non-hydrogen) atoms. The maximum absolute atomic E-state index is 12.9. The third-order valence-electron chi connectivity index (χ3n) is 5.23. The molecule has 2 aromatic carbocycles. The molecule has 0 unspecified atom stereocenters. The van der Waals surface area contributed by atoms with Crippen LogP contribution in [0.25, 0.3) is 10.4 Å². The van der Waals surface area contributed by atoms with Crippen molar-refractivity contribution in [3.63, 3.8) is 0 Å². The number of ketones is 1. The van der Waals surface area contributed by atoms with Gasteiger partial charge in [0.1, 0.15) is 0 Å². The molecule has 3 aromatic rings. The number of amides is 1. The summed E-state index contributed by atoms with van der Waals surface area (Å²) in [5, 5.41) is 3.69. The van der Waals surface area contributed by atoms with Gasteiger partial charge in [-0.1, -0.05) is 35.9 Å². The van der Waals surface area contributed by atoms with Crippen LogP contribution in [0.15, 0.2) is 48.5 Å². The van der Waals surface area contributed by atoms with Crippen molar-refractivity contribution in [2.75, 3.05) is 5.32 Å². The van der Waals surface area contributed by atoms with Crippen molar-refractivity contribution in [2.24, 2.45) is 5.92 Å². The quantitative estimate of drug-likeness (QED) is 0.437. The number of thiophene rings is 1. The highest BCUT2D eigenvalue weighted by atomic mass is 35.5. The number of nitrogens with one attached hydrogen (secondary N) is 1. The Balaban J connectivity index is 1.54. The fraction of sp³-hybridized carbons (Fsp3) is 0.250. The average molecular weight is 424 g/mol. The molecule has 0 bridgehead atoms. The van der Waals surface area contributed by atoms with E-state index in [2.05, 4.69) is 5.32 Å². The molecular formula is C24H22ClNO2S. The van der Waals surface area contributed by atoms with Crippen LogP contribution in [0.4, 0.5) is 5.69 Å². The number of hydrogen-bond acceptors (Lipinski definition) is 3. The van der Waals surface area contributed by atoms with Crippen LogP contribution < -0.4 is 5.32 Å². The maximum Gasteiger partial charge on any atom is 0.266 e. The Morgan fingerprint density at radius 1 is 1.03 bits per heavy atom. The van der Waals surface area contributed by atoms with E-state index in [-0.39, 0.29) is 11.7 Å². The zero-order valence-corrected chi connectivity index (χ0v) is 18.0. The predicted molar refractivity (Wildman–Crippen MR) is 120 cm³/mol. The number of aryl methyl sites for hydroxylation is 2. The van der Waals surface area contributed by atoms with Gasteiger partial charge in [0, 0.05) is 27.6 Å². The molecule has 4 rings (SSSR count). The number of carbonyl (C=O) groups is 2. The molecule has 1 amide bonds. The summed E-state index contributed by atoms with van der Waals surface area (Å²) in [6.07, 6.45) is 2.90. The largest absolute Gasteiger partial charge is 0.321 e. The molecule has 5 heteroatoms. The Morgan fingerprint density at radius 3 is 2.45 bits per heavy atom. The van der Waals surface area contributed by atoms with E-state index in [0.29, 0.717) is 33.5 Å². The highest BCUT2D eigenvalue weighted by Gasteiger charge is 2.25. The third-order valence-corrected chi connectivity index (χ3v) is 6.77. The molecular weight excluding hydrogens is 402 g/mol. The number of anilines is 1. The number of hydrogen-bond donors (Lipinski definition) is 1. The molecule has 0 radical (unpaired) electrons. The molecule has 1 heterocycles. The van der Waals surface area contributed by atoms with Crippen molar-refractivity contribution in [1.82, 2.24) is 0 Å². The number of rotatable bonds is 6. The van der Waals surface area contributed by atoms with Crippen LogP contribution in [0.1, 0.15) is 50.4 Å². The lowest BCUT2D eigenvalue weighted by Crippen LogP contribution is -2.13. The molecule has 1 aliphatic carbocycles. The first kappa shape index (κ1) is 19.9. The molecule has 0 aliphatic heterocycles. The van der Waals surface area contributed by atoms with Crippen LogP contribution >= 0.6 is 22.9 Å². The second-order valence-corrected chi connectivity index (χ2v) is 9.17. The fourth-order valence-corrected chi connectivity index (χ4v) is 4.47. The third kappa shape index (κ3) is 4.60. The van der Waals surface area contributed by atoms with Gasteiger partial charge in [-0.3, -0.25) is 9.59 Å². The molecule has 1 saturated carbocycles. The molecule has 1 aromatic heterocycles. The first-order valence-electron chi connectivity index (χ1n) is 9.72. The van der Waals surface area contributed by atoms with E-state index in [4.69, 9.17) is 11.6 Å². The van der Waals surface area contributed by atoms with Gasteiger partial charge in [-0.15, -0.1) is 11.3 Å². The minimum Gasteiger partial charge on any atom is -0.321 e. The predicted octanol–water partition coefficient (Wildman–Crippen LogP) is 6.92. The minimum atomic E-state index is -0.150. The molecule has 0 atom stereocenters. The van der Waals surface area contributed by atoms with Crippen LogP contribution in [0.2, 0.25) is 5.02 Å². The molecule has 1 fully saturated rings. The zero-order chi connectivity index (χ0) is 20.5. The Kier molecular flexibility index (Phi) is 5.57. The zero-order valence-electron chi connectivity index (χ0n) is 16.4. The Bertz CT molecular complexity index is 1080. The topological polar surface area (TPSA) is 46.2 Å². The molecule has 148 valence electrons. The van der Waals surface area contributed by atoms with Gasteiger partial charge in [-0.05, 0) is 73.6 Å². The van der Waals surface area contributed by atoms with Gasteiger partial charge >= 0.3 is 0 Å². The number of benzene rings is 2. The van der Waals surface area contributed by atoms with Gasteiger partial charge in [-0.25, -0.2) is 0 Å². The van der Waals surface area contributed by atoms with Crippen molar-refractivity contribution in [3.05, 3.63) is 75.1 Å². The molecule has 0 saturated heterocycles. The van der Waals surface area contributed by atoms with Gasteiger partial charge in [0.15, 0.2) is 5.78 Å². The van der Waals surface area contributed by atoms with Crippen LogP contribution in [0, 0.1) is 19.8 Å². The van der Waals surface area contributed by atoms with Crippen LogP contribution in [0.5, 0.6) is 0 Å². The Morgan fingerprint density at radius 2 is 1.76 bits per heavy atom. The minimum absolute atomic E-state index is 0.150. The summed E-state index contributed by atoms with van der Waals surface area (Å²) >= 11 is 7.43. The molecule has 1 N–H and O–H groups in total. The first-order valence-corrected chi connectivity index (χ1v) is 10.9. The van der Waals surface area contributed by atoms with Gasteiger partial charge < -0.3 is 5.32 Å². The van der Waals surface area contributed by atoms with Gasteiger partial charge in [-0.2, -0.15) is 0 Å². The van der Waals surface area contributed by atoms with Crippen molar-refractivity contribution in [2.45, 2.75) is 33.1 Å². The van der Waals surface area contributed by atoms with Gasteiger partial charge in [0.2, 0.25) is 0 Å². The average Bonchev–Trinajstić information content (AvgIpc) is 3.42. The van der Waals surface area contributed by atoms with E-state index >= 15 is 0 Å². The SMILES string of the molecule is Cc1ccc(C(=O)CC2CC2)cc1NC(=O)c1sc(-c2ccc(Cl)cc2)cc1C. The number of carbonyl (C=O) groups excluding carboxylic acids is 2. The standard InChI is InChI=1S/C24H22ClNO2S/c1-14-3-6-18(21(27)12-16-4-5-16)13-20(14)26-24(28)23-15(2)11-22(29-23)17-7-9-19(25)10-8-17/h3,6-11,13,16H,4-5,12H2,1-2H3,(H,26,28). The molecule has 1 aliphatic rings. The van der Waals surface area contributed by atoms with Crippen LogP contribution in [-0.4, -0.2) is 11.7 Å². The summed E-state index contributed by atoms with van der Waals surface area (Å²) in [7, 11) is 0. The lowest BCUT2D eigenvalue weighted by molar-refractivity contribution is 0.0974. The normalized spacial score (nSPS) is 13.3. The van der Waals surface area contributed by atoms with Crippen LogP contribution in [0.3, 0.4) is 0 Å². The smallest absolute Gasteiger partial charge is 0.266 e. The Labute approximate surface area is 179 Å². The monoisotopic (exact) mass is 423 g/mol. The Hall–Kier alpha value is -2.43. The van der Waals surface area contributed by atoms with Gasteiger partial charge in [0.25, 0.3) is 5.91 Å². The fourth-order valence-electron chi connectivity index (χ4n) is 3.28. The highest BCUT2D eigenvalue weighted by Crippen LogP contribution is 2.35. The number of halogens is 1. The second kappa shape index (κ2) is 8.13. The summed E-state index contributed by atoms with van der Waals surface area (Å²) in [6, 6.07) is 15.2. The summed E-state index contributed by atoms with van der Waals surface area (Å²) in [5.41, 5.74) is 4.26. The lowest BCUT2D eigenvalue weighted by atomic mass is 10.0. The van der Waals surface area contributed by atoms with Crippen molar-refractivity contribution in [3.8, 4) is 10.4 Å². The van der Waals surface area contributed by atoms with E-state index in [9.17, 15) is 9.59 Å². The summed E-state index contributed by atoms with van der Waals surface area (Å²) in [4.78, 5) is 27.1. The molecule has 0 spiro atoms. The lowest BCUT2D eigenvalue weighted by Gasteiger charge is -2.10. The van der Waals surface area contributed by atoms with Crippen LogP contribution in [-0.2, 0) is 0 Å². The van der Waals surface area contributed by atoms with Crippen molar-refractivity contribution in [1.29, 1.82) is 0 Å². The summed E-state index contributed by atoms with van der Waals surface area (Å²) in [6.45, 7) is 3.87. The first-order chi connectivity index (χ1) is 13.9. The summed E-state index contributed by atoms with van der Waals surface area (Å²) in [5.74, 6) is 0.546. The molecule has 3 nitrogen and oxygen atoms in total. The van der Waals surface area contributed by atoms with Gasteiger partial charge in [0.05, 0.1) is 4.88 Å². The van der Waals surface area contributed by atoms with E-state index in [1.54, 1.807) is 6.07 Å². The second-order valence-electron chi connectivity index (χ2n) is 7.68. The van der Waals surface area contributed by atoms with E-state index < -0.39 is 0 Å². The highest BCUT2D eigenvalue weighted by molar-refractivity contribution is 7.17. The maximum atomic E-state index is 12.9. The van der Waals surface area contributed by atoms with E-state index in [1.165, 1.54) is 11.3 Å². The number of Topliss-reactive ketones (excluding diaryl/α,β-unsaturated/α-hetero) is 1. The van der Waals surface area contributed by atoms with Crippen molar-refractivity contribution < 1.29 is 9.59 Å².